The van der Waals surface area contributed by atoms with Gasteiger partial charge in [0, 0.05) is 19.3 Å². The van der Waals surface area contributed by atoms with E-state index in [0.29, 0.717) is 19.3 Å². The summed E-state index contributed by atoms with van der Waals surface area (Å²) in [5.74, 6) is -0.933. The molecular weight excluding hydrogens is 789 g/mol. The first-order chi connectivity index (χ1) is 30.8. The lowest BCUT2D eigenvalue weighted by Gasteiger charge is -2.18. The summed E-state index contributed by atoms with van der Waals surface area (Å²) in [6, 6.07) is 0. The van der Waals surface area contributed by atoms with Crippen LogP contribution in [-0.2, 0) is 28.6 Å². The molecule has 0 saturated carbocycles. The van der Waals surface area contributed by atoms with Crippen LogP contribution in [0.4, 0.5) is 0 Å². The zero-order chi connectivity index (χ0) is 46.1. The lowest BCUT2D eigenvalue weighted by molar-refractivity contribution is -0.167. The molecule has 0 radical (unpaired) electrons. The van der Waals surface area contributed by atoms with Crippen molar-refractivity contribution in [2.75, 3.05) is 13.2 Å². The molecule has 374 valence electrons. The van der Waals surface area contributed by atoms with Crippen LogP contribution < -0.4 is 0 Å². The average Bonchev–Trinajstić information content (AvgIpc) is 3.27. The number of carbonyl (C=O) groups excluding carboxylic acids is 3. The normalized spacial score (nSPS) is 12.9. The molecule has 0 bridgehead atoms. The third-order valence-electron chi connectivity index (χ3n) is 12.8. The topological polar surface area (TPSA) is 119 Å². The highest BCUT2D eigenvalue weighted by Crippen LogP contribution is 2.18. The van der Waals surface area contributed by atoms with Gasteiger partial charge in [0.25, 0.3) is 0 Å². The van der Waals surface area contributed by atoms with E-state index in [0.717, 1.165) is 122 Å². The van der Waals surface area contributed by atoms with Crippen LogP contribution >= 0.6 is 0 Å². The Bertz CT molecular complexity index is 918. The van der Waals surface area contributed by atoms with Gasteiger partial charge in [-0.1, -0.05) is 239 Å². The minimum atomic E-state index is -0.795. The SMILES string of the molecule is CCCCCCCCCCCCCCCC(=O)OC(COC(=O)CCCCCCCCCCC(O)CCCCCC)COC(=O)CCCCCCCCCCC(O)CCCCCC. The number of aliphatic hydroxyl groups excluding tert-OH is 2. The maximum atomic E-state index is 12.8. The van der Waals surface area contributed by atoms with Crippen LogP contribution in [0.15, 0.2) is 0 Å². The zero-order valence-corrected chi connectivity index (χ0v) is 42.1. The number of hydrogen-bond acceptors (Lipinski definition) is 8. The first kappa shape index (κ1) is 61.3. The highest BCUT2D eigenvalue weighted by molar-refractivity contribution is 5.71. The van der Waals surface area contributed by atoms with Crippen molar-refractivity contribution in [2.24, 2.45) is 0 Å². The van der Waals surface area contributed by atoms with Gasteiger partial charge in [-0.05, 0) is 44.9 Å². The van der Waals surface area contributed by atoms with Crippen molar-refractivity contribution >= 4 is 17.9 Å². The van der Waals surface area contributed by atoms with Gasteiger partial charge in [0.2, 0.25) is 0 Å². The Hall–Kier alpha value is -1.67. The van der Waals surface area contributed by atoms with Gasteiger partial charge in [0.1, 0.15) is 13.2 Å². The van der Waals surface area contributed by atoms with Gasteiger partial charge in [0.05, 0.1) is 12.2 Å². The molecule has 2 N–H and O–H groups in total. The first-order valence-corrected chi connectivity index (χ1v) is 27.7. The van der Waals surface area contributed by atoms with Crippen LogP contribution in [0.2, 0.25) is 0 Å². The van der Waals surface area contributed by atoms with Crippen molar-refractivity contribution in [2.45, 2.75) is 322 Å². The number of carbonyl (C=O) groups is 3. The summed E-state index contributed by atoms with van der Waals surface area (Å²) < 4.78 is 16.8. The molecule has 0 saturated heterocycles. The Morgan fingerprint density at radius 1 is 0.317 bits per heavy atom. The van der Waals surface area contributed by atoms with Gasteiger partial charge in [-0.15, -0.1) is 0 Å². The van der Waals surface area contributed by atoms with Gasteiger partial charge in [-0.2, -0.15) is 0 Å². The second-order valence-electron chi connectivity index (χ2n) is 19.2. The number of esters is 3. The molecule has 0 aliphatic rings. The van der Waals surface area contributed by atoms with Gasteiger partial charge in [-0.25, -0.2) is 0 Å². The van der Waals surface area contributed by atoms with E-state index >= 15 is 0 Å². The summed E-state index contributed by atoms with van der Waals surface area (Å²) in [6.45, 7) is 6.50. The van der Waals surface area contributed by atoms with E-state index in [-0.39, 0.29) is 43.3 Å². The summed E-state index contributed by atoms with van der Waals surface area (Å²) in [5, 5.41) is 20.3. The van der Waals surface area contributed by atoms with Gasteiger partial charge < -0.3 is 24.4 Å². The van der Waals surface area contributed by atoms with E-state index in [1.54, 1.807) is 0 Å². The van der Waals surface area contributed by atoms with Crippen LogP contribution in [0.5, 0.6) is 0 Å². The van der Waals surface area contributed by atoms with Crippen molar-refractivity contribution in [3.8, 4) is 0 Å². The molecule has 0 aromatic heterocycles. The summed E-state index contributed by atoms with van der Waals surface area (Å²) in [4.78, 5) is 38.0. The molecule has 0 spiro atoms. The predicted molar refractivity (Wildman–Crippen MR) is 264 cm³/mol. The van der Waals surface area contributed by atoms with E-state index < -0.39 is 6.10 Å². The van der Waals surface area contributed by atoms with E-state index in [2.05, 4.69) is 20.8 Å². The van der Waals surface area contributed by atoms with Crippen molar-refractivity contribution in [3.63, 3.8) is 0 Å². The molecule has 8 heteroatoms. The van der Waals surface area contributed by atoms with E-state index in [9.17, 15) is 24.6 Å². The maximum Gasteiger partial charge on any atom is 0.306 e. The van der Waals surface area contributed by atoms with Gasteiger partial charge >= 0.3 is 17.9 Å². The molecule has 0 heterocycles. The molecule has 2 atom stereocenters. The molecule has 0 rings (SSSR count). The monoisotopic (exact) mass is 895 g/mol. The number of aliphatic hydroxyl groups is 2. The average molecular weight is 895 g/mol. The number of ether oxygens (including phenoxy) is 3. The second kappa shape index (κ2) is 49.8. The molecule has 63 heavy (non-hydrogen) atoms. The van der Waals surface area contributed by atoms with Crippen LogP contribution in [-0.4, -0.2) is 59.6 Å². The Morgan fingerprint density at radius 3 is 0.825 bits per heavy atom. The van der Waals surface area contributed by atoms with Crippen molar-refractivity contribution < 1.29 is 38.8 Å². The van der Waals surface area contributed by atoms with E-state index in [4.69, 9.17) is 14.2 Å². The van der Waals surface area contributed by atoms with Crippen molar-refractivity contribution in [3.05, 3.63) is 0 Å². The molecular formula is C55H106O8. The summed E-state index contributed by atoms with van der Waals surface area (Å²) >= 11 is 0. The minimum absolute atomic E-state index is 0.0954. The lowest BCUT2D eigenvalue weighted by atomic mass is 10.0. The highest BCUT2D eigenvalue weighted by Gasteiger charge is 2.19. The fourth-order valence-electron chi connectivity index (χ4n) is 8.49. The molecule has 0 aliphatic heterocycles. The molecule has 0 aliphatic carbocycles. The van der Waals surface area contributed by atoms with Crippen LogP contribution in [0.3, 0.4) is 0 Å². The first-order valence-electron chi connectivity index (χ1n) is 27.7. The minimum Gasteiger partial charge on any atom is -0.462 e. The largest absolute Gasteiger partial charge is 0.462 e. The predicted octanol–water partition coefficient (Wildman–Crippen LogP) is 15.9. The summed E-state index contributed by atoms with van der Waals surface area (Å²) in [7, 11) is 0. The Balaban J connectivity index is 4.36. The zero-order valence-electron chi connectivity index (χ0n) is 42.1. The lowest BCUT2D eigenvalue weighted by Crippen LogP contribution is -2.30. The Kier molecular flexibility index (Phi) is 48.4. The standard InChI is InChI=1S/C55H106O8/c1-4-7-10-13-14-15-16-17-18-19-28-33-40-47-55(60)63-52(48-61-53(58)45-38-31-26-22-20-24-29-36-43-50(56)41-34-11-8-5-2)49-62-54(59)46-39-32-27-23-21-25-30-37-44-51(57)42-35-12-9-6-3/h50-52,56-57H,4-49H2,1-3H3. The third-order valence-corrected chi connectivity index (χ3v) is 12.8. The molecule has 0 aromatic carbocycles. The maximum absolute atomic E-state index is 12.8. The summed E-state index contributed by atoms with van der Waals surface area (Å²) in [6.07, 6.45) is 46.8. The van der Waals surface area contributed by atoms with Crippen LogP contribution in [0.1, 0.15) is 303 Å². The smallest absolute Gasteiger partial charge is 0.306 e. The summed E-state index contributed by atoms with van der Waals surface area (Å²) in [5.41, 5.74) is 0. The quantitative estimate of drug-likeness (QED) is 0.0352. The Morgan fingerprint density at radius 2 is 0.540 bits per heavy atom. The second-order valence-corrected chi connectivity index (χ2v) is 19.2. The van der Waals surface area contributed by atoms with Gasteiger partial charge in [-0.3, -0.25) is 14.4 Å². The molecule has 0 fully saturated rings. The van der Waals surface area contributed by atoms with Crippen LogP contribution in [0.25, 0.3) is 0 Å². The third kappa shape index (κ3) is 48.1. The Labute approximate surface area is 390 Å². The molecule has 2 unspecified atom stereocenters. The number of hydrogen-bond donors (Lipinski definition) is 2. The van der Waals surface area contributed by atoms with Crippen molar-refractivity contribution in [1.29, 1.82) is 0 Å². The number of unbranched alkanes of at least 4 members (excludes halogenated alkanes) is 32. The molecule has 0 amide bonds. The van der Waals surface area contributed by atoms with E-state index in [1.807, 2.05) is 0 Å². The number of rotatable bonds is 51. The van der Waals surface area contributed by atoms with E-state index in [1.165, 1.54) is 141 Å². The fourth-order valence-corrected chi connectivity index (χ4v) is 8.49. The molecule has 0 aromatic rings. The van der Waals surface area contributed by atoms with Crippen LogP contribution in [0, 0.1) is 0 Å². The molecule has 8 nitrogen and oxygen atoms in total. The fraction of sp³-hybridized carbons (Fsp3) is 0.945. The highest BCUT2D eigenvalue weighted by atomic mass is 16.6. The van der Waals surface area contributed by atoms with Gasteiger partial charge in [0.15, 0.2) is 6.10 Å². The van der Waals surface area contributed by atoms with Crippen molar-refractivity contribution in [1.82, 2.24) is 0 Å².